The van der Waals surface area contributed by atoms with Crippen molar-refractivity contribution in [1.29, 1.82) is 0 Å². The summed E-state index contributed by atoms with van der Waals surface area (Å²) >= 11 is 0. The van der Waals surface area contributed by atoms with Crippen molar-refractivity contribution >= 4 is 15.5 Å². The second kappa shape index (κ2) is 7.04. The molecule has 4 aromatic rings. The average molecular weight is 452 g/mol. The van der Waals surface area contributed by atoms with E-state index in [9.17, 15) is 26.4 Å². The molecule has 0 saturated carbocycles. The van der Waals surface area contributed by atoms with Gasteiger partial charge in [0, 0.05) is 36.8 Å². The van der Waals surface area contributed by atoms with Crippen LogP contribution in [0.1, 0.15) is 12.5 Å². The largest absolute Gasteiger partial charge is 0.417 e. The van der Waals surface area contributed by atoms with Crippen LogP contribution in [0.2, 0.25) is 0 Å². The summed E-state index contributed by atoms with van der Waals surface area (Å²) in [6.45, 7) is 1.43. The van der Waals surface area contributed by atoms with Gasteiger partial charge in [-0.15, -0.1) is 5.10 Å². The number of alkyl halides is 3. The zero-order chi connectivity index (χ0) is 22.6. The van der Waals surface area contributed by atoms with E-state index in [0.717, 1.165) is 12.1 Å². The minimum Gasteiger partial charge on any atom is -0.275 e. The summed E-state index contributed by atoms with van der Waals surface area (Å²) in [5.41, 5.74) is -1.06. The molecule has 0 aromatic carbocycles. The smallest absolute Gasteiger partial charge is 0.275 e. The van der Waals surface area contributed by atoms with Crippen LogP contribution in [-0.4, -0.2) is 43.1 Å². The van der Waals surface area contributed by atoms with Gasteiger partial charge >= 0.3 is 11.9 Å². The third-order valence-electron chi connectivity index (χ3n) is 4.63. The van der Waals surface area contributed by atoms with Crippen LogP contribution in [0.25, 0.3) is 22.6 Å². The van der Waals surface area contributed by atoms with Crippen LogP contribution >= 0.6 is 0 Å². The van der Waals surface area contributed by atoms with Gasteiger partial charge in [-0.1, -0.05) is 6.92 Å². The molecule has 0 aliphatic heterocycles. The summed E-state index contributed by atoms with van der Waals surface area (Å²) in [5, 5.41) is 8.01. The van der Waals surface area contributed by atoms with E-state index >= 15 is 0 Å². The Kier molecular flexibility index (Phi) is 4.72. The maximum Gasteiger partial charge on any atom is 0.417 e. The number of pyridine rings is 2. The predicted molar refractivity (Wildman–Crippen MR) is 104 cm³/mol. The minimum atomic E-state index is -4.66. The highest BCUT2D eigenvalue weighted by atomic mass is 32.2. The van der Waals surface area contributed by atoms with Gasteiger partial charge in [0.1, 0.15) is 4.90 Å². The molecule has 0 N–H and O–H groups in total. The number of aryl methyl sites for hydroxylation is 1. The highest BCUT2D eigenvalue weighted by Gasteiger charge is 2.31. The average Bonchev–Trinajstić information content (AvgIpc) is 3.30. The van der Waals surface area contributed by atoms with E-state index in [2.05, 4.69) is 15.2 Å². The van der Waals surface area contributed by atoms with Gasteiger partial charge in [-0.25, -0.2) is 22.6 Å². The van der Waals surface area contributed by atoms with Crippen LogP contribution < -0.4 is 5.69 Å². The summed E-state index contributed by atoms with van der Waals surface area (Å²) in [6.07, 6.45) is 0.484. The lowest BCUT2D eigenvalue weighted by molar-refractivity contribution is -0.137. The monoisotopic (exact) mass is 452 g/mol. The Morgan fingerprint density at radius 3 is 2.45 bits per heavy atom. The lowest BCUT2D eigenvalue weighted by Crippen LogP contribution is -2.23. The Bertz CT molecular complexity index is 1470. The first-order valence-corrected chi connectivity index (χ1v) is 10.6. The number of fused-ring (bicyclic) bond motifs is 1. The molecule has 0 bridgehead atoms. The van der Waals surface area contributed by atoms with Crippen molar-refractivity contribution in [3.63, 3.8) is 0 Å². The normalized spacial score (nSPS) is 12.5. The Morgan fingerprint density at radius 1 is 1.10 bits per heavy atom. The first-order valence-electron chi connectivity index (χ1n) is 8.92. The van der Waals surface area contributed by atoms with Crippen molar-refractivity contribution in [2.75, 3.05) is 5.75 Å². The summed E-state index contributed by atoms with van der Waals surface area (Å²) in [7, 11) is -2.17. The molecule has 0 saturated heterocycles. The van der Waals surface area contributed by atoms with Crippen LogP contribution in [-0.2, 0) is 23.1 Å². The van der Waals surface area contributed by atoms with Crippen molar-refractivity contribution in [2.45, 2.75) is 18.0 Å². The molecule has 4 heterocycles. The highest BCUT2D eigenvalue weighted by Crippen LogP contribution is 2.29. The van der Waals surface area contributed by atoms with E-state index in [1.807, 2.05) is 0 Å². The molecular formula is C18H15F3N6O3S. The van der Waals surface area contributed by atoms with Crippen molar-refractivity contribution in [2.24, 2.45) is 7.05 Å². The fourth-order valence-corrected chi connectivity index (χ4v) is 4.02. The molecular weight excluding hydrogens is 437 g/mol. The predicted octanol–water partition coefficient (Wildman–Crippen LogP) is 2.09. The first-order chi connectivity index (χ1) is 14.5. The van der Waals surface area contributed by atoms with Crippen molar-refractivity contribution < 1.29 is 21.6 Å². The van der Waals surface area contributed by atoms with Gasteiger partial charge in [-0.3, -0.25) is 4.68 Å². The summed E-state index contributed by atoms with van der Waals surface area (Å²) in [5.74, 6) is -0.574. The Hall–Kier alpha value is -3.48. The van der Waals surface area contributed by atoms with E-state index in [-0.39, 0.29) is 22.1 Å². The standard InChI is InChI=1S/C18H15F3N6O3S/c1-3-31(29,30)14-6-11(12-8-23-25(2)9-12)7-22-16(14)27-17(28)26-10-13(18(19,20)21)4-5-15(26)24-27/h4-10H,3H2,1-2H3. The van der Waals surface area contributed by atoms with E-state index in [4.69, 9.17) is 0 Å². The van der Waals surface area contributed by atoms with Crippen LogP contribution in [0.5, 0.6) is 0 Å². The lowest BCUT2D eigenvalue weighted by Gasteiger charge is -2.09. The number of halogens is 3. The topological polar surface area (TPSA) is 104 Å². The van der Waals surface area contributed by atoms with Gasteiger partial charge in [0.05, 0.1) is 17.5 Å². The molecule has 0 radical (unpaired) electrons. The molecule has 162 valence electrons. The molecule has 0 aliphatic rings. The Balaban J connectivity index is 1.96. The third-order valence-corrected chi connectivity index (χ3v) is 6.36. The molecule has 31 heavy (non-hydrogen) atoms. The van der Waals surface area contributed by atoms with Gasteiger partial charge in [0.25, 0.3) is 0 Å². The zero-order valence-electron chi connectivity index (χ0n) is 16.2. The second-order valence-electron chi connectivity index (χ2n) is 6.69. The van der Waals surface area contributed by atoms with E-state index in [1.54, 1.807) is 13.2 Å². The first kappa shape index (κ1) is 20.8. The van der Waals surface area contributed by atoms with Crippen LogP contribution in [0.4, 0.5) is 13.2 Å². The lowest BCUT2D eigenvalue weighted by atomic mass is 10.2. The summed E-state index contributed by atoms with van der Waals surface area (Å²) in [6, 6.07) is 3.16. The molecule has 4 aromatic heterocycles. The molecule has 9 nitrogen and oxygen atoms in total. The molecule has 0 amide bonds. The SMILES string of the molecule is CCS(=O)(=O)c1cc(-c2cnn(C)c2)cnc1-n1nc2ccc(C(F)(F)F)cn2c1=O. The highest BCUT2D eigenvalue weighted by molar-refractivity contribution is 7.91. The fraction of sp³-hybridized carbons (Fsp3) is 0.222. The fourth-order valence-electron chi connectivity index (χ4n) is 2.99. The van der Waals surface area contributed by atoms with Crippen molar-refractivity contribution in [3.8, 4) is 16.9 Å². The molecule has 0 unspecified atom stereocenters. The van der Waals surface area contributed by atoms with E-state index < -0.39 is 27.3 Å². The second-order valence-corrected chi connectivity index (χ2v) is 8.94. The number of rotatable bonds is 4. The molecule has 0 fully saturated rings. The maximum atomic E-state index is 13.0. The molecule has 4 rings (SSSR count). The maximum absolute atomic E-state index is 13.0. The zero-order valence-corrected chi connectivity index (χ0v) is 17.0. The molecule has 13 heteroatoms. The van der Waals surface area contributed by atoms with Gasteiger partial charge in [0.15, 0.2) is 21.3 Å². The van der Waals surface area contributed by atoms with E-state index in [1.165, 1.54) is 30.1 Å². The Labute approximate surface area is 173 Å². The number of sulfone groups is 1. The number of hydrogen-bond acceptors (Lipinski definition) is 6. The molecule has 0 atom stereocenters. The number of aromatic nitrogens is 6. The number of hydrogen-bond donors (Lipinski definition) is 0. The van der Waals surface area contributed by atoms with Gasteiger partial charge in [-0.05, 0) is 18.2 Å². The Morgan fingerprint density at radius 2 is 1.84 bits per heavy atom. The van der Waals surface area contributed by atoms with Crippen molar-refractivity contribution in [3.05, 3.63) is 59.0 Å². The molecule has 0 spiro atoms. The van der Waals surface area contributed by atoms with Crippen LogP contribution in [0, 0.1) is 0 Å². The third kappa shape index (κ3) is 3.60. The van der Waals surface area contributed by atoms with Crippen LogP contribution in [0.15, 0.2) is 52.7 Å². The van der Waals surface area contributed by atoms with E-state index in [0.29, 0.717) is 26.4 Å². The summed E-state index contributed by atoms with van der Waals surface area (Å²) in [4.78, 5) is 16.6. The van der Waals surface area contributed by atoms with Crippen LogP contribution in [0.3, 0.4) is 0 Å². The van der Waals surface area contributed by atoms with Gasteiger partial charge in [-0.2, -0.15) is 23.0 Å². The summed E-state index contributed by atoms with van der Waals surface area (Å²) < 4.78 is 67.4. The minimum absolute atomic E-state index is 0.0871. The number of nitrogens with zero attached hydrogens (tertiary/aromatic N) is 6. The quantitative estimate of drug-likeness (QED) is 0.470. The van der Waals surface area contributed by atoms with Crippen molar-refractivity contribution in [1.82, 2.24) is 28.9 Å². The van der Waals surface area contributed by atoms with Gasteiger partial charge < -0.3 is 0 Å². The van der Waals surface area contributed by atoms with Gasteiger partial charge in [0.2, 0.25) is 0 Å². The molecule has 0 aliphatic carbocycles.